The van der Waals surface area contributed by atoms with Crippen LogP contribution in [0.3, 0.4) is 0 Å². The Morgan fingerprint density at radius 1 is 1.19 bits per heavy atom. The van der Waals surface area contributed by atoms with Crippen molar-refractivity contribution in [3.05, 3.63) is 35.9 Å². The number of amides is 2. The van der Waals surface area contributed by atoms with Gasteiger partial charge in [-0.25, -0.2) is 0 Å². The van der Waals surface area contributed by atoms with E-state index in [1.165, 1.54) is 0 Å². The molecule has 6 nitrogen and oxygen atoms in total. The van der Waals surface area contributed by atoms with Crippen LogP contribution in [0.25, 0.3) is 0 Å². The number of hydrogen-bond donors (Lipinski definition) is 1. The summed E-state index contributed by atoms with van der Waals surface area (Å²) in [6, 6.07) is 10.1. The normalized spacial score (nSPS) is 20.3. The largest absolute Gasteiger partial charge is 0.377 e. The van der Waals surface area contributed by atoms with Crippen LogP contribution in [0.2, 0.25) is 0 Å². The molecule has 0 aromatic heterocycles. The molecule has 0 aliphatic carbocycles. The summed E-state index contributed by atoms with van der Waals surface area (Å²) in [5.41, 5.74) is 0.711. The minimum Gasteiger partial charge on any atom is -0.377 e. The molecular formula is C21H31N3O3. The molecule has 0 bridgehead atoms. The Morgan fingerprint density at radius 2 is 1.93 bits per heavy atom. The number of rotatable bonds is 6. The van der Waals surface area contributed by atoms with Crippen LogP contribution in [0.15, 0.2) is 30.3 Å². The molecule has 1 aromatic carbocycles. The highest BCUT2D eigenvalue weighted by Gasteiger charge is 2.45. The Kier molecular flexibility index (Phi) is 6.85. The molecule has 6 heteroatoms. The summed E-state index contributed by atoms with van der Waals surface area (Å²) in [4.78, 5) is 29.2. The summed E-state index contributed by atoms with van der Waals surface area (Å²) in [6.45, 7) is 4.15. The van der Waals surface area contributed by atoms with Gasteiger partial charge in [0, 0.05) is 39.2 Å². The van der Waals surface area contributed by atoms with Gasteiger partial charge in [0.15, 0.2) is 0 Å². The van der Waals surface area contributed by atoms with Gasteiger partial charge in [0.1, 0.15) is 5.54 Å². The van der Waals surface area contributed by atoms with E-state index in [-0.39, 0.29) is 11.8 Å². The third kappa shape index (κ3) is 4.87. The van der Waals surface area contributed by atoms with Crippen molar-refractivity contribution in [2.24, 2.45) is 0 Å². The first-order chi connectivity index (χ1) is 13.1. The lowest BCUT2D eigenvalue weighted by atomic mass is 9.85. The Labute approximate surface area is 161 Å². The smallest absolute Gasteiger partial charge is 0.240 e. The molecule has 2 amide bonds. The first-order valence-corrected chi connectivity index (χ1v) is 10.0. The van der Waals surface area contributed by atoms with E-state index in [0.717, 1.165) is 31.5 Å². The van der Waals surface area contributed by atoms with Crippen molar-refractivity contribution in [3.63, 3.8) is 0 Å². The number of ether oxygens (including phenoxy) is 1. The summed E-state index contributed by atoms with van der Waals surface area (Å²) >= 11 is 0. The van der Waals surface area contributed by atoms with Gasteiger partial charge in [-0.1, -0.05) is 30.3 Å². The van der Waals surface area contributed by atoms with Crippen molar-refractivity contribution in [1.82, 2.24) is 15.1 Å². The first kappa shape index (κ1) is 19.8. The number of nitrogens with one attached hydrogen (secondary N) is 1. The van der Waals surface area contributed by atoms with Crippen LogP contribution in [-0.2, 0) is 20.9 Å². The van der Waals surface area contributed by atoms with Crippen molar-refractivity contribution < 1.29 is 14.3 Å². The number of benzene rings is 1. The van der Waals surface area contributed by atoms with E-state index >= 15 is 0 Å². The SMILES string of the molecule is CN1CCCNC(=O)C12CCN(C(=O)CCCOCc1ccccc1)CC2. The van der Waals surface area contributed by atoms with Gasteiger partial charge in [0.25, 0.3) is 0 Å². The fraction of sp³-hybridized carbons (Fsp3) is 0.619. The molecule has 1 N–H and O–H groups in total. The zero-order valence-electron chi connectivity index (χ0n) is 16.3. The highest BCUT2D eigenvalue weighted by Crippen LogP contribution is 2.30. The number of likely N-dealkylation sites (N-methyl/N-ethyl adjacent to an activating group) is 1. The van der Waals surface area contributed by atoms with Gasteiger partial charge in [-0.3, -0.25) is 14.5 Å². The predicted octanol–water partition coefficient (Wildman–Crippen LogP) is 1.80. The molecule has 2 aliphatic rings. The van der Waals surface area contributed by atoms with Gasteiger partial charge in [-0.2, -0.15) is 0 Å². The molecule has 2 fully saturated rings. The Bertz CT molecular complexity index is 627. The topological polar surface area (TPSA) is 61.9 Å². The van der Waals surface area contributed by atoms with Crippen LogP contribution in [0.5, 0.6) is 0 Å². The lowest BCUT2D eigenvalue weighted by Gasteiger charge is -2.45. The molecule has 0 saturated carbocycles. The second kappa shape index (κ2) is 9.33. The van der Waals surface area contributed by atoms with Crippen LogP contribution < -0.4 is 5.32 Å². The molecule has 3 rings (SSSR count). The Morgan fingerprint density at radius 3 is 2.67 bits per heavy atom. The Hall–Kier alpha value is -1.92. The van der Waals surface area contributed by atoms with Crippen molar-refractivity contribution >= 4 is 11.8 Å². The molecule has 1 spiro atoms. The molecular weight excluding hydrogens is 342 g/mol. The van der Waals surface area contributed by atoms with Gasteiger partial charge in [-0.05, 0) is 38.3 Å². The summed E-state index contributed by atoms with van der Waals surface area (Å²) in [7, 11) is 2.03. The van der Waals surface area contributed by atoms with Crippen LogP contribution in [0.4, 0.5) is 0 Å². The second-order valence-corrected chi connectivity index (χ2v) is 7.59. The van der Waals surface area contributed by atoms with Crippen molar-refractivity contribution in [2.45, 2.75) is 44.2 Å². The van der Waals surface area contributed by atoms with E-state index in [4.69, 9.17) is 4.74 Å². The predicted molar refractivity (Wildman–Crippen MR) is 104 cm³/mol. The minimum atomic E-state index is -0.438. The maximum absolute atomic E-state index is 12.6. The van der Waals surface area contributed by atoms with E-state index in [1.54, 1.807) is 0 Å². The van der Waals surface area contributed by atoms with Gasteiger partial charge >= 0.3 is 0 Å². The molecule has 0 unspecified atom stereocenters. The molecule has 1 aromatic rings. The number of piperidine rings is 1. The Balaban J connectivity index is 1.39. The number of likely N-dealkylation sites (tertiary alicyclic amines) is 1. The lowest BCUT2D eigenvalue weighted by molar-refractivity contribution is -0.141. The third-order valence-corrected chi connectivity index (χ3v) is 5.84. The van der Waals surface area contributed by atoms with Gasteiger partial charge in [-0.15, -0.1) is 0 Å². The van der Waals surface area contributed by atoms with E-state index < -0.39 is 5.54 Å². The fourth-order valence-corrected chi connectivity index (χ4v) is 4.05. The average molecular weight is 373 g/mol. The summed E-state index contributed by atoms with van der Waals surface area (Å²) in [5, 5.41) is 3.04. The van der Waals surface area contributed by atoms with Crippen LogP contribution in [0.1, 0.15) is 37.7 Å². The fourth-order valence-electron chi connectivity index (χ4n) is 4.05. The van der Waals surface area contributed by atoms with Crippen molar-refractivity contribution in [2.75, 3.05) is 39.8 Å². The monoisotopic (exact) mass is 373 g/mol. The standard InChI is InChI=1S/C21H31N3O3/c1-23-13-6-12-22-20(26)21(23)10-14-24(15-11-21)19(25)9-5-16-27-17-18-7-3-2-4-8-18/h2-4,7-8H,5-6,9-17H2,1H3,(H,22,26). The van der Waals surface area contributed by atoms with Gasteiger partial charge in [0.05, 0.1) is 6.61 Å². The van der Waals surface area contributed by atoms with Crippen LogP contribution in [0, 0.1) is 0 Å². The maximum Gasteiger partial charge on any atom is 0.240 e. The highest BCUT2D eigenvalue weighted by molar-refractivity contribution is 5.87. The third-order valence-electron chi connectivity index (χ3n) is 5.84. The molecule has 148 valence electrons. The van der Waals surface area contributed by atoms with Crippen molar-refractivity contribution in [3.8, 4) is 0 Å². The molecule has 27 heavy (non-hydrogen) atoms. The number of carbonyl (C=O) groups excluding carboxylic acids is 2. The zero-order valence-corrected chi connectivity index (χ0v) is 16.3. The number of nitrogens with zero attached hydrogens (tertiary/aromatic N) is 2. The van der Waals surface area contributed by atoms with E-state index in [0.29, 0.717) is 45.6 Å². The lowest BCUT2D eigenvalue weighted by Crippen LogP contribution is -2.61. The van der Waals surface area contributed by atoms with Crippen molar-refractivity contribution in [1.29, 1.82) is 0 Å². The first-order valence-electron chi connectivity index (χ1n) is 10.0. The molecule has 0 atom stereocenters. The van der Waals surface area contributed by atoms with Gasteiger partial charge in [0.2, 0.25) is 11.8 Å². The van der Waals surface area contributed by atoms with E-state index in [2.05, 4.69) is 10.2 Å². The number of hydrogen-bond acceptors (Lipinski definition) is 4. The maximum atomic E-state index is 12.6. The van der Waals surface area contributed by atoms with E-state index in [1.807, 2.05) is 42.3 Å². The van der Waals surface area contributed by atoms with Crippen LogP contribution in [-0.4, -0.2) is 67.0 Å². The molecule has 2 heterocycles. The summed E-state index contributed by atoms with van der Waals surface area (Å²) in [6.07, 6.45) is 3.64. The summed E-state index contributed by atoms with van der Waals surface area (Å²) < 4.78 is 5.66. The zero-order chi connectivity index (χ0) is 19.1. The summed E-state index contributed by atoms with van der Waals surface area (Å²) in [5.74, 6) is 0.300. The average Bonchev–Trinajstić information content (AvgIpc) is 2.83. The molecule has 2 aliphatic heterocycles. The van der Waals surface area contributed by atoms with E-state index in [9.17, 15) is 9.59 Å². The molecule has 0 radical (unpaired) electrons. The van der Waals surface area contributed by atoms with Crippen LogP contribution >= 0.6 is 0 Å². The molecule has 2 saturated heterocycles. The highest BCUT2D eigenvalue weighted by atomic mass is 16.5. The van der Waals surface area contributed by atoms with Gasteiger partial charge < -0.3 is 15.0 Å². The quantitative estimate of drug-likeness (QED) is 0.773. The minimum absolute atomic E-state index is 0.129. The number of carbonyl (C=O) groups is 2. The second-order valence-electron chi connectivity index (χ2n) is 7.59.